The molecule has 0 bridgehead atoms. The Morgan fingerprint density at radius 3 is 1.47 bits per heavy atom. The Kier molecular flexibility index (Phi) is 22.8. The molecule has 0 aromatic heterocycles. The Labute approximate surface area is 104 Å². The van der Waals surface area contributed by atoms with Gasteiger partial charge in [-0.05, 0) is 19.5 Å². The summed E-state index contributed by atoms with van der Waals surface area (Å²) in [7, 11) is -1.67. The molecule has 7 nitrogen and oxygen atoms in total. The topological polar surface area (TPSA) is 136 Å². The van der Waals surface area contributed by atoms with Gasteiger partial charge in [0.15, 0.2) is 0 Å². The number of ether oxygens (including phenoxy) is 1. The first-order chi connectivity index (χ1) is 7.56. The monoisotopic (exact) mass is 274 g/mol. The summed E-state index contributed by atoms with van der Waals surface area (Å²) < 4.78 is 36.5. The van der Waals surface area contributed by atoms with E-state index in [0.29, 0.717) is 0 Å². The average Bonchev–Trinajstić information content (AvgIpc) is 2.17. The number of nitrogens with two attached hydrogens (primary N) is 2. The third-order valence-corrected chi connectivity index (χ3v) is 0.634. The van der Waals surface area contributed by atoms with Gasteiger partial charge in [0.2, 0.25) is 0 Å². The zero-order chi connectivity index (χ0) is 15.1. The van der Waals surface area contributed by atoms with E-state index < -0.39 is 10.4 Å². The van der Waals surface area contributed by atoms with E-state index >= 15 is 0 Å². The van der Waals surface area contributed by atoms with Gasteiger partial charge in [0, 0.05) is 0 Å². The van der Waals surface area contributed by atoms with E-state index in [4.69, 9.17) is 22.3 Å². The Bertz CT molecular complexity index is 226. The molecule has 0 aliphatic heterocycles. The molecule has 0 heterocycles. The smallest absolute Gasteiger partial charge is 0.394 e. The van der Waals surface area contributed by atoms with E-state index in [1.807, 2.05) is 0 Å². The minimum atomic E-state index is -4.67. The van der Waals surface area contributed by atoms with Gasteiger partial charge >= 0.3 is 10.4 Å². The predicted molar refractivity (Wildman–Crippen MR) is 70.0 cm³/mol. The van der Waals surface area contributed by atoms with Crippen LogP contribution in [-0.4, -0.2) is 38.2 Å². The average molecular weight is 274 g/mol. The second kappa shape index (κ2) is 15.3. The molecular weight excluding hydrogens is 248 g/mol. The van der Waals surface area contributed by atoms with Crippen LogP contribution in [-0.2, 0) is 15.1 Å². The van der Waals surface area contributed by atoms with Crippen molar-refractivity contribution in [2.75, 3.05) is 20.7 Å². The predicted octanol–water partition coefficient (Wildman–Crippen LogP) is 0.690. The molecule has 0 radical (unpaired) electrons. The lowest BCUT2D eigenvalue weighted by Gasteiger charge is -2.16. The van der Waals surface area contributed by atoms with Crippen LogP contribution in [0.3, 0.4) is 0 Å². The zero-order valence-corrected chi connectivity index (χ0v) is 12.0. The molecule has 0 saturated carbocycles. The highest BCUT2D eigenvalue weighted by atomic mass is 32.3. The molecule has 0 saturated heterocycles. The summed E-state index contributed by atoms with van der Waals surface area (Å²) in [4.78, 5) is 0. The Morgan fingerprint density at radius 1 is 1.18 bits per heavy atom. The summed E-state index contributed by atoms with van der Waals surface area (Å²) >= 11 is 0. The fourth-order valence-electron chi connectivity index (χ4n) is 0.309. The highest BCUT2D eigenvalue weighted by molar-refractivity contribution is 7.79. The van der Waals surface area contributed by atoms with Crippen LogP contribution >= 0.6 is 0 Å². The highest BCUT2D eigenvalue weighted by Crippen LogP contribution is 2.12. The number of hydrogen-bond acceptors (Lipinski definition) is 5. The van der Waals surface area contributed by atoms with E-state index in [1.54, 1.807) is 0 Å². The van der Waals surface area contributed by atoms with Crippen LogP contribution in [0.5, 0.6) is 0 Å². The molecule has 0 aliphatic rings. The van der Waals surface area contributed by atoms with Gasteiger partial charge < -0.3 is 16.2 Å². The van der Waals surface area contributed by atoms with E-state index in [2.05, 4.69) is 38.8 Å². The van der Waals surface area contributed by atoms with Crippen LogP contribution in [0.15, 0.2) is 12.8 Å². The van der Waals surface area contributed by atoms with Crippen molar-refractivity contribution in [2.45, 2.75) is 20.8 Å². The van der Waals surface area contributed by atoms with Crippen molar-refractivity contribution in [3.63, 3.8) is 0 Å². The summed E-state index contributed by atoms with van der Waals surface area (Å²) in [5, 5.41) is 0. The van der Waals surface area contributed by atoms with Gasteiger partial charge in [-0.3, -0.25) is 9.11 Å². The van der Waals surface area contributed by atoms with Crippen molar-refractivity contribution in [3.05, 3.63) is 12.8 Å². The Balaban J connectivity index is -0.0000000809. The Morgan fingerprint density at radius 2 is 1.41 bits per heavy atom. The van der Waals surface area contributed by atoms with Gasteiger partial charge in [0.05, 0.1) is 12.9 Å². The van der Waals surface area contributed by atoms with E-state index in [-0.39, 0.29) is 5.41 Å². The van der Waals surface area contributed by atoms with Crippen LogP contribution in [0.25, 0.3) is 0 Å². The van der Waals surface area contributed by atoms with Gasteiger partial charge in [0.1, 0.15) is 0 Å². The summed E-state index contributed by atoms with van der Waals surface area (Å²) in [5.41, 5.74) is 9.26. The minimum Gasteiger partial charge on any atom is -0.501 e. The maximum atomic E-state index is 8.74. The maximum absolute atomic E-state index is 8.74. The summed E-state index contributed by atoms with van der Waals surface area (Å²) in [6, 6.07) is 0. The van der Waals surface area contributed by atoms with Crippen LogP contribution in [0.1, 0.15) is 20.8 Å². The summed E-state index contributed by atoms with van der Waals surface area (Å²) in [5.74, 6) is 0. The molecule has 0 rings (SSSR count). The third-order valence-electron chi connectivity index (χ3n) is 0.634. The Hall–Kier alpha value is -0.670. The molecule has 8 heteroatoms. The highest BCUT2D eigenvalue weighted by Gasteiger charge is 2.08. The summed E-state index contributed by atoms with van der Waals surface area (Å²) in [6.45, 7) is 10.6. The molecule has 0 aromatic carbocycles. The van der Waals surface area contributed by atoms with Crippen molar-refractivity contribution in [3.8, 4) is 0 Å². The molecule has 6 N–H and O–H groups in total. The van der Waals surface area contributed by atoms with Gasteiger partial charge in [0.25, 0.3) is 0 Å². The second-order valence-electron chi connectivity index (χ2n) is 3.49. The van der Waals surface area contributed by atoms with Crippen molar-refractivity contribution in [1.29, 1.82) is 0 Å². The normalized spacial score (nSPS) is 9.24. The van der Waals surface area contributed by atoms with Crippen molar-refractivity contribution in [2.24, 2.45) is 16.9 Å². The van der Waals surface area contributed by atoms with Gasteiger partial charge in [-0.15, -0.1) is 0 Å². The van der Waals surface area contributed by atoms with E-state index in [0.717, 1.165) is 6.61 Å². The van der Waals surface area contributed by atoms with Crippen molar-refractivity contribution >= 4 is 10.4 Å². The SMILES string of the molecule is C=COCC(C)(C)C.CN.CN.O=S(=O)(O)O. The fraction of sp³-hybridized carbons (Fsp3) is 0.778. The maximum Gasteiger partial charge on any atom is 0.394 e. The molecular formula is C9H26N2O5S. The molecule has 0 unspecified atom stereocenters. The molecule has 0 amide bonds. The lowest BCUT2D eigenvalue weighted by Crippen LogP contribution is -2.11. The molecule has 0 aromatic rings. The van der Waals surface area contributed by atoms with Crippen LogP contribution in [0.2, 0.25) is 0 Å². The first-order valence-electron chi connectivity index (χ1n) is 4.64. The molecule has 0 aliphatic carbocycles. The van der Waals surface area contributed by atoms with Crippen molar-refractivity contribution in [1.82, 2.24) is 0 Å². The van der Waals surface area contributed by atoms with E-state index in [1.165, 1.54) is 20.4 Å². The number of hydrogen-bond donors (Lipinski definition) is 4. The lowest BCUT2D eigenvalue weighted by atomic mass is 9.99. The van der Waals surface area contributed by atoms with Crippen LogP contribution in [0, 0.1) is 5.41 Å². The first-order valence-corrected chi connectivity index (χ1v) is 6.04. The minimum absolute atomic E-state index is 0.258. The standard InChI is InChI=1S/C7H14O.2CH5N.H2O4S/c1-5-8-6-7(2,3)4;2*1-2;1-5(2,3)4/h5H,1,6H2,2-4H3;2*2H2,1H3;(H2,1,2,3,4). The van der Waals surface area contributed by atoms with Crippen molar-refractivity contribution < 1.29 is 22.3 Å². The lowest BCUT2D eigenvalue weighted by molar-refractivity contribution is 0.152. The summed E-state index contributed by atoms with van der Waals surface area (Å²) in [6.07, 6.45) is 1.48. The van der Waals surface area contributed by atoms with E-state index in [9.17, 15) is 0 Å². The largest absolute Gasteiger partial charge is 0.501 e. The first kappa shape index (κ1) is 25.2. The molecule has 0 spiro atoms. The molecule has 17 heavy (non-hydrogen) atoms. The van der Waals surface area contributed by atoms with Gasteiger partial charge in [-0.2, -0.15) is 8.42 Å². The molecule has 0 atom stereocenters. The second-order valence-corrected chi connectivity index (χ2v) is 4.38. The number of rotatable bonds is 2. The fourth-order valence-corrected chi connectivity index (χ4v) is 0.309. The van der Waals surface area contributed by atoms with Crippen LogP contribution in [0.4, 0.5) is 0 Å². The third kappa shape index (κ3) is 145. The molecule has 0 fully saturated rings. The van der Waals surface area contributed by atoms with Gasteiger partial charge in [-0.25, -0.2) is 0 Å². The zero-order valence-electron chi connectivity index (χ0n) is 11.2. The molecule has 108 valence electrons. The van der Waals surface area contributed by atoms with Crippen LogP contribution < -0.4 is 11.5 Å². The quantitative estimate of drug-likeness (QED) is 0.429. The van der Waals surface area contributed by atoms with Gasteiger partial charge in [-0.1, -0.05) is 27.4 Å².